The first-order valence-electron chi connectivity index (χ1n) is 11.2. The van der Waals surface area contributed by atoms with E-state index in [0.717, 1.165) is 53.9 Å². The molecule has 4 rings (SSSR count). The largest absolute Gasteiger partial charge is 0.351 e. The summed E-state index contributed by atoms with van der Waals surface area (Å²) in [5, 5.41) is 12.6. The quantitative estimate of drug-likeness (QED) is 0.460. The summed E-state index contributed by atoms with van der Waals surface area (Å²) in [6.07, 6.45) is 4.11. The van der Waals surface area contributed by atoms with Crippen molar-refractivity contribution in [2.24, 2.45) is 5.73 Å². The molecule has 166 valence electrons. The summed E-state index contributed by atoms with van der Waals surface area (Å²) in [7, 11) is 0. The number of hydrogen-bond donors (Lipinski definition) is 3. The van der Waals surface area contributed by atoms with Gasteiger partial charge in [-0.3, -0.25) is 4.68 Å². The first-order valence-corrected chi connectivity index (χ1v) is 11.5. The zero-order valence-electron chi connectivity index (χ0n) is 18.7. The number of rotatable bonds is 6. The monoisotopic (exact) mass is 441 g/mol. The predicted octanol–water partition coefficient (Wildman–Crippen LogP) is 5.61. The number of nitrogens with zero attached hydrogens (tertiary/aromatic N) is 4. The average Bonchev–Trinajstić information content (AvgIpc) is 3.10. The third-order valence-corrected chi connectivity index (χ3v) is 6.03. The summed E-state index contributed by atoms with van der Waals surface area (Å²) in [5.41, 5.74) is 9.74. The normalized spacial score (nSPS) is 19.4. The van der Waals surface area contributed by atoms with Gasteiger partial charge in [-0.2, -0.15) is 10.1 Å². The van der Waals surface area contributed by atoms with Crippen LogP contribution in [0.5, 0.6) is 0 Å². The van der Waals surface area contributed by atoms with Crippen molar-refractivity contribution in [3.63, 3.8) is 0 Å². The summed E-state index contributed by atoms with van der Waals surface area (Å²) < 4.78 is 2.01. The minimum atomic E-state index is 0.178. The van der Waals surface area contributed by atoms with Crippen LogP contribution in [-0.4, -0.2) is 31.8 Å². The Bertz CT molecular complexity index is 1050. The molecule has 0 bridgehead atoms. The van der Waals surface area contributed by atoms with E-state index in [2.05, 4.69) is 38.3 Å². The summed E-state index contributed by atoms with van der Waals surface area (Å²) in [6.45, 7) is 8.54. The van der Waals surface area contributed by atoms with Gasteiger partial charge < -0.3 is 16.4 Å². The average molecular weight is 442 g/mol. The van der Waals surface area contributed by atoms with Crippen LogP contribution in [0, 0.1) is 0 Å². The highest BCUT2D eigenvalue weighted by atomic mass is 35.5. The predicted molar refractivity (Wildman–Crippen MR) is 128 cm³/mol. The number of aromatic nitrogens is 4. The molecule has 1 aromatic carbocycles. The zero-order valence-corrected chi connectivity index (χ0v) is 19.4. The number of nitrogens with two attached hydrogens (primary N) is 1. The molecule has 0 saturated heterocycles. The van der Waals surface area contributed by atoms with Crippen LogP contribution in [0.1, 0.15) is 71.0 Å². The molecule has 1 saturated carbocycles. The number of hydrogen-bond acceptors (Lipinski definition) is 6. The van der Waals surface area contributed by atoms with Gasteiger partial charge in [0.2, 0.25) is 5.95 Å². The van der Waals surface area contributed by atoms with Gasteiger partial charge in [0, 0.05) is 28.8 Å². The van der Waals surface area contributed by atoms with Crippen molar-refractivity contribution in [1.82, 2.24) is 19.7 Å². The van der Waals surface area contributed by atoms with Crippen molar-refractivity contribution in [3.05, 3.63) is 35.0 Å². The molecule has 4 N–H and O–H groups in total. The van der Waals surface area contributed by atoms with Crippen molar-refractivity contribution in [2.75, 3.05) is 10.6 Å². The van der Waals surface area contributed by atoms with E-state index in [1.807, 2.05) is 28.9 Å². The third-order valence-electron chi connectivity index (χ3n) is 5.80. The second kappa shape index (κ2) is 9.01. The Kier molecular flexibility index (Phi) is 6.34. The maximum atomic E-state index is 6.22. The van der Waals surface area contributed by atoms with Crippen LogP contribution in [0.2, 0.25) is 5.02 Å². The molecule has 0 radical (unpaired) electrons. The smallest absolute Gasteiger partial charge is 0.225 e. The second-order valence-corrected chi connectivity index (χ2v) is 9.50. The highest BCUT2D eigenvalue weighted by molar-refractivity contribution is 6.30. The molecule has 1 fully saturated rings. The van der Waals surface area contributed by atoms with Gasteiger partial charge in [-0.15, -0.1) is 0 Å². The lowest BCUT2D eigenvalue weighted by atomic mass is 9.92. The fraction of sp³-hybridized carbons (Fsp3) is 0.522. The Morgan fingerprint density at radius 3 is 2.48 bits per heavy atom. The number of benzene rings is 1. The van der Waals surface area contributed by atoms with E-state index in [4.69, 9.17) is 32.4 Å². The Morgan fingerprint density at radius 2 is 1.84 bits per heavy atom. The molecule has 2 heterocycles. The lowest BCUT2D eigenvalue weighted by Gasteiger charge is -2.27. The summed E-state index contributed by atoms with van der Waals surface area (Å²) >= 11 is 6.22. The standard InChI is InChI=1S/C23H32ClN7/c1-13(2)19-20-21(31(30-19)14(3)4)22(26-18-7-5-6-15(24)12-18)29-23(28-20)27-17-10-8-16(25)9-11-17/h5-7,12-14,16-17H,8-11,25H2,1-4H3,(H2,26,27,28,29). The van der Waals surface area contributed by atoms with Crippen LogP contribution < -0.4 is 16.4 Å². The van der Waals surface area contributed by atoms with Gasteiger partial charge in [-0.1, -0.05) is 31.5 Å². The van der Waals surface area contributed by atoms with Gasteiger partial charge in [0.15, 0.2) is 5.82 Å². The summed E-state index contributed by atoms with van der Waals surface area (Å²) in [5.74, 6) is 1.61. The number of nitrogens with one attached hydrogen (secondary N) is 2. The molecule has 2 aromatic heterocycles. The van der Waals surface area contributed by atoms with Crippen LogP contribution in [0.3, 0.4) is 0 Å². The SMILES string of the molecule is CC(C)c1nn(C(C)C)c2c(Nc3cccc(Cl)c3)nc(NC3CCC(N)CC3)nc12. The van der Waals surface area contributed by atoms with E-state index >= 15 is 0 Å². The Balaban J connectivity index is 1.81. The van der Waals surface area contributed by atoms with E-state index in [-0.39, 0.29) is 12.0 Å². The molecule has 7 nitrogen and oxygen atoms in total. The Hall–Kier alpha value is -2.38. The van der Waals surface area contributed by atoms with Crippen molar-refractivity contribution >= 4 is 40.1 Å². The van der Waals surface area contributed by atoms with Crippen molar-refractivity contribution in [2.45, 2.75) is 77.4 Å². The maximum absolute atomic E-state index is 6.22. The maximum Gasteiger partial charge on any atom is 0.225 e. The Labute approximate surface area is 188 Å². The highest BCUT2D eigenvalue weighted by Crippen LogP contribution is 2.33. The fourth-order valence-corrected chi connectivity index (χ4v) is 4.32. The number of fused-ring (bicyclic) bond motifs is 1. The third kappa shape index (κ3) is 4.77. The molecule has 1 aliphatic carbocycles. The molecule has 8 heteroatoms. The molecule has 0 atom stereocenters. The van der Waals surface area contributed by atoms with E-state index in [0.29, 0.717) is 23.1 Å². The van der Waals surface area contributed by atoms with Crippen LogP contribution in [0.4, 0.5) is 17.5 Å². The molecular weight excluding hydrogens is 410 g/mol. The minimum absolute atomic E-state index is 0.178. The molecule has 0 aliphatic heterocycles. The first-order chi connectivity index (χ1) is 14.8. The fourth-order valence-electron chi connectivity index (χ4n) is 4.13. The van der Waals surface area contributed by atoms with E-state index in [1.54, 1.807) is 0 Å². The van der Waals surface area contributed by atoms with Crippen LogP contribution in [-0.2, 0) is 0 Å². The molecule has 0 amide bonds. The van der Waals surface area contributed by atoms with Gasteiger partial charge in [0.05, 0.1) is 5.69 Å². The van der Waals surface area contributed by atoms with Crippen LogP contribution >= 0.6 is 11.6 Å². The van der Waals surface area contributed by atoms with Crippen LogP contribution in [0.25, 0.3) is 11.0 Å². The molecule has 0 spiro atoms. The Morgan fingerprint density at radius 1 is 1.10 bits per heavy atom. The lowest BCUT2D eigenvalue weighted by molar-refractivity contribution is 0.410. The first kappa shape index (κ1) is 21.8. The molecule has 3 aromatic rings. The molecule has 1 aliphatic rings. The van der Waals surface area contributed by atoms with Gasteiger partial charge in [-0.05, 0) is 63.6 Å². The van der Waals surface area contributed by atoms with Crippen LogP contribution in [0.15, 0.2) is 24.3 Å². The van der Waals surface area contributed by atoms with Crippen molar-refractivity contribution < 1.29 is 0 Å². The van der Waals surface area contributed by atoms with Gasteiger partial charge in [-0.25, -0.2) is 4.98 Å². The summed E-state index contributed by atoms with van der Waals surface area (Å²) in [4.78, 5) is 9.82. The lowest BCUT2D eigenvalue weighted by Crippen LogP contribution is -2.33. The zero-order chi connectivity index (χ0) is 22.1. The van der Waals surface area contributed by atoms with Gasteiger partial charge in [0.25, 0.3) is 0 Å². The number of halogens is 1. The number of anilines is 3. The van der Waals surface area contributed by atoms with Crippen molar-refractivity contribution in [1.29, 1.82) is 0 Å². The second-order valence-electron chi connectivity index (χ2n) is 9.06. The van der Waals surface area contributed by atoms with Gasteiger partial charge in [0.1, 0.15) is 11.0 Å². The molecule has 31 heavy (non-hydrogen) atoms. The minimum Gasteiger partial charge on any atom is -0.351 e. The highest BCUT2D eigenvalue weighted by Gasteiger charge is 2.24. The topological polar surface area (TPSA) is 93.7 Å². The molecular formula is C23H32ClN7. The van der Waals surface area contributed by atoms with Gasteiger partial charge >= 0.3 is 0 Å². The van der Waals surface area contributed by atoms with E-state index in [1.165, 1.54) is 0 Å². The van der Waals surface area contributed by atoms with E-state index in [9.17, 15) is 0 Å². The van der Waals surface area contributed by atoms with E-state index < -0.39 is 0 Å². The molecule has 0 unspecified atom stereocenters. The van der Waals surface area contributed by atoms with Crippen molar-refractivity contribution in [3.8, 4) is 0 Å². The summed E-state index contributed by atoms with van der Waals surface area (Å²) in [6, 6.07) is 8.47.